The zero-order valence-electron chi connectivity index (χ0n) is 12.9. The predicted octanol–water partition coefficient (Wildman–Crippen LogP) is 2.98. The second-order valence-electron chi connectivity index (χ2n) is 6.39. The molecule has 0 spiro atoms. The van der Waals surface area contributed by atoms with Crippen molar-refractivity contribution in [2.75, 3.05) is 37.6 Å². The van der Waals surface area contributed by atoms with Crippen LogP contribution in [0.15, 0.2) is 24.3 Å². The summed E-state index contributed by atoms with van der Waals surface area (Å²) in [4.78, 5) is 5.10. The molecule has 1 saturated carbocycles. The van der Waals surface area contributed by atoms with Gasteiger partial charge >= 0.3 is 0 Å². The lowest BCUT2D eigenvalue weighted by Gasteiger charge is -2.48. The van der Waals surface area contributed by atoms with Crippen molar-refractivity contribution >= 4 is 17.3 Å². The highest BCUT2D eigenvalue weighted by Gasteiger charge is 2.47. The summed E-state index contributed by atoms with van der Waals surface area (Å²) in [5.41, 5.74) is 7.67. The van der Waals surface area contributed by atoms with E-state index in [1.54, 1.807) is 0 Å². The fraction of sp³-hybridized carbons (Fsp3) is 0.647. The first-order valence-electron chi connectivity index (χ1n) is 8.15. The lowest BCUT2D eigenvalue weighted by atomic mass is 9.87. The molecule has 3 nitrogen and oxygen atoms in total. The summed E-state index contributed by atoms with van der Waals surface area (Å²) < 4.78 is 0. The number of nitrogens with zero attached hydrogens (tertiary/aromatic N) is 2. The van der Waals surface area contributed by atoms with Crippen LogP contribution in [0.25, 0.3) is 0 Å². The highest BCUT2D eigenvalue weighted by atomic mass is 35.5. The summed E-state index contributed by atoms with van der Waals surface area (Å²) in [6, 6.07) is 8.18. The molecule has 2 aliphatic rings. The van der Waals surface area contributed by atoms with E-state index in [2.05, 4.69) is 28.9 Å². The van der Waals surface area contributed by atoms with E-state index in [0.717, 1.165) is 43.7 Å². The summed E-state index contributed by atoms with van der Waals surface area (Å²) in [6.07, 6.45) is 3.89. The van der Waals surface area contributed by atoms with Gasteiger partial charge in [0, 0.05) is 49.0 Å². The molecule has 116 valence electrons. The molecule has 2 fully saturated rings. The number of benzene rings is 1. The van der Waals surface area contributed by atoms with Crippen molar-refractivity contribution in [3.63, 3.8) is 0 Å². The van der Waals surface area contributed by atoms with Crippen LogP contribution in [-0.2, 0) is 0 Å². The standard InChI is InChI=1S/C17H26ClN3/c1-2-17(13-19,14-6-7-14)21-10-8-20(9-11-21)16-5-3-4-15(18)12-16/h3-5,12,14H,2,6-11,13,19H2,1H3. The fourth-order valence-electron chi connectivity index (χ4n) is 3.91. The number of halogens is 1. The number of hydrogen-bond acceptors (Lipinski definition) is 3. The average molecular weight is 308 g/mol. The molecule has 1 heterocycles. The Hall–Kier alpha value is -0.770. The Morgan fingerprint density at radius 2 is 1.95 bits per heavy atom. The summed E-state index contributed by atoms with van der Waals surface area (Å²) >= 11 is 6.11. The molecule has 1 aliphatic carbocycles. The fourth-order valence-corrected chi connectivity index (χ4v) is 4.10. The number of anilines is 1. The molecule has 1 saturated heterocycles. The number of nitrogens with two attached hydrogens (primary N) is 1. The maximum Gasteiger partial charge on any atom is 0.0426 e. The molecular weight excluding hydrogens is 282 g/mol. The molecule has 0 bridgehead atoms. The van der Waals surface area contributed by atoms with E-state index in [0.29, 0.717) is 0 Å². The van der Waals surface area contributed by atoms with E-state index < -0.39 is 0 Å². The minimum atomic E-state index is 0.250. The summed E-state index contributed by atoms with van der Waals surface area (Å²) in [7, 11) is 0. The topological polar surface area (TPSA) is 32.5 Å². The Balaban J connectivity index is 1.67. The summed E-state index contributed by atoms with van der Waals surface area (Å²) in [5.74, 6) is 0.824. The van der Waals surface area contributed by atoms with Crippen LogP contribution in [0.2, 0.25) is 5.02 Å². The Morgan fingerprint density at radius 3 is 2.48 bits per heavy atom. The highest BCUT2D eigenvalue weighted by molar-refractivity contribution is 6.30. The van der Waals surface area contributed by atoms with Crippen molar-refractivity contribution < 1.29 is 0 Å². The van der Waals surface area contributed by atoms with Crippen LogP contribution in [0.3, 0.4) is 0 Å². The van der Waals surface area contributed by atoms with Crippen molar-refractivity contribution in [2.24, 2.45) is 11.7 Å². The minimum absolute atomic E-state index is 0.250. The van der Waals surface area contributed by atoms with Crippen molar-refractivity contribution in [3.05, 3.63) is 29.3 Å². The van der Waals surface area contributed by atoms with Gasteiger partial charge in [0.05, 0.1) is 0 Å². The van der Waals surface area contributed by atoms with Gasteiger partial charge in [-0.3, -0.25) is 4.90 Å². The van der Waals surface area contributed by atoms with E-state index in [1.807, 2.05) is 12.1 Å². The number of rotatable bonds is 5. The van der Waals surface area contributed by atoms with Gasteiger partial charge < -0.3 is 10.6 Å². The maximum absolute atomic E-state index is 6.18. The van der Waals surface area contributed by atoms with Gasteiger partial charge in [0.15, 0.2) is 0 Å². The second-order valence-corrected chi connectivity index (χ2v) is 6.83. The number of hydrogen-bond donors (Lipinski definition) is 1. The molecule has 1 aromatic rings. The first-order chi connectivity index (χ1) is 10.2. The molecule has 1 unspecified atom stereocenters. The van der Waals surface area contributed by atoms with Gasteiger partial charge in [-0.05, 0) is 43.4 Å². The minimum Gasteiger partial charge on any atom is -0.369 e. The van der Waals surface area contributed by atoms with Crippen LogP contribution in [0.4, 0.5) is 5.69 Å². The van der Waals surface area contributed by atoms with E-state index in [9.17, 15) is 0 Å². The van der Waals surface area contributed by atoms with Gasteiger partial charge in [0.2, 0.25) is 0 Å². The van der Waals surface area contributed by atoms with Crippen LogP contribution >= 0.6 is 11.6 Å². The predicted molar refractivity (Wildman–Crippen MR) is 90.0 cm³/mol. The Morgan fingerprint density at radius 1 is 1.24 bits per heavy atom. The van der Waals surface area contributed by atoms with Crippen molar-refractivity contribution in [3.8, 4) is 0 Å². The monoisotopic (exact) mass is 307 g/mol. The SMILES string of the molecule is CCC(CN)(C1CC1)N1CCN(c2cccc(Cl)c2)CC1. The van der Waals surface area contributed by atoms with Gasteiger partial charge in [0.25, 0.3) is 0 Å². The summed E-state index contributed by atoms with van der Waals surface area (Å²) in [5, 5.41) is 0.817. The Kier molecular flexibility index (Phi) is 4.43. The van der Waals surface area contributed by atoms with Gasteiger partial charge in [-0.2, -0.15) is 0 Å². The lowest BCUT2D eigenvalue weighted by Crippen LogP contribution is -2.61. The molecule has 0 radical (unpaired) electrons. The normalized spacial score (nSPS) is 23.1. The molecule has 0 amide bonds. The van der Waals surface area contributed by atoms with Crippen molar-refractivity contribution in [2.45, 2.75) is 31.7 Å². The molecule has 4 heteroatoms. The zero-order chi connectivity index (χ0) is 14.9. The van der Waals surface area contributed by atoms with Crippen LogP contribution in [0, 0.1) is 5.92 Å². The third-order valence-electron chi connectivity index (χ3n) is 5.39. The largest absolute Gasteiger partial charge is 0.369 e. The van der Waals surface area contributed by atoms with E-state index in [4.69, 9.17) is 17.3 Å². The zero-order valence-corrected chi connectivity index (χ0v) is 13.6. The molecule has 3 rings (SSSR count). The smallest absolute Gasteiger partial charge is 0.0426 e. The third-order valence-corrected chi connectivity index (χ3v) is 5.62. The van der Waals surface area contributed by atoms with E-state index >= 15 is 0 Å². The van der Waals surface area contributed by atoms with Gasteiger partial charge in [0.1, 0.15) is 0 Å². The molecule has 1 atom stereocenters. The Labute approximate surface area is 133 Å². The first kappa shape index (κ1) is 15.1. The van der Waals surface area contributed by atoms with E-state index in [-0.39, 0.29) is 5.54 Å². The van der Waals surface area contributed by atoms with Crippen molar-refractivity contribution in [1.82, 2.24) is 4.90 Å². The van der Waals surface area contributed by atoms with Crippen LogP contribution in [-0.4, -0.2) is 43.2 Å². The third kappa shape index (κ3) is 2.92. The van der Waals surface area contributed by atoms with Crippen LogP contribution in [0.1, 0.15) is 26.2 Å². The van der Waals surface area contributed by atoms with Crippen LogP contribution < -0.4 is 10.6 Å². The van der Waals surface area contributed by atoms with Crippen LogP contribution in [0.5, 0.6) is 0 Å². The molecule has 1 aliphatic heterocycles. The highest BCUT2D eigenvalue weighted by Crippen LogP contribution is 2.45. The average Bonchev–Trinajstić information content (AvgIpc) is 3.35. The second kappa shape index (κ2) is 6.15. The quantitative estimate of drug-likeness (QED) is 0.907. The molecule has 0 aromatic heterocycles. The lowest BCUT2D eigenvalue weighted by molar-refractivity contribution is 0.0623. The van der Waals surface area contributed by atoms with Gasteiger partial charge in [-0.1, -0.05) is 24.6 Å². The molecule has 21 heavy (non-hydrogen) atoms. The number of piperazine rings is 1. The molecule has 1 aromatic carbocycles. The van der Waals surface area contributed by atoms with Gasteiger partial charge in [-0.15, -0.1) is 0 Å². The molecular formula is C17H26ClN3. The maximum atomic E-state index is 6.18. The van der Waals surface area contributed by atoms with Gasteiger partial charge in [-0.25, -0.2) is 0 Å². The Bertz CT molecular complexity index is 475. The van der Waals surface area contributed by atoms with E-state index in [1.165, 1.54) is 24.9 Å². The summed E-state index contributed by atoms with van der Waals surface area (Å²) in [6.45, 7) is 7.44. The van der Waals surface area contributed by atoms with Crippen molar-refractivity contribution in [1.29, 1.82) is 0 Å². The first-order valence-corrected chi connectivity index (χ1v) is 8.53. The molecule has 2 N–H and O–H groups in total.